The Balaban J connectivity index is 2.21. The van der Waals surface area contributed by atoms with E-state index in [2.05, 4.69) is 81.1 Å². The molecule has 0 spiro atoms. The van der Waals surface area contributed by atoms with Gasteiger partial charge in [0.2, 0.25) is 0 Å². The average molecular weight is 439 g/mol. The fourth-order valence-electron chi connectivity index (χ4n) is 3.78. The van der Waals surface area contributed by atoms with Crippen LogP contribution in [0.4, 0.5) is 0 Å². The lowest BCUT2D eigenvalue weighted by molar-refractivity contribution is -0.139. The van der Waals surface area contributed by atoms with Crippen molar-refractivity contribution in [3.8, 4) is 11.8 Å². The zero-order chi connectivity index (χ0) is 22.9. The second-order valence-electron chi connectivity index (χ2n) is 8.76. The van der Waals surface area contributed by atoms with Crippen LogP contribution in [0.1, 0.15) is 41.0 Å². The van der Waals surface area contributed by atoms with Gasteiger partial charge in [-0.05, 0) is 28.8 Å². The van der Waals surface area contributed by atoms with Gasteiger partial charge in [0, 0.05) is 19.4 Å². The van der Waals surface area contributed by atoms with E-state index in [1.165, 1.54) is 17.3 Å². The molecule has 0 heterocycles. The Morgan fingerprint density at radius 1 is 1.03 bits per heavy atom. The molecule has 2 aromatic carbocycles. The van der Waals surface area contributed by atoms with Crippen LogP contribution >= 0.6 is 0 Å². The molecule has 5 heteroatoms. The van der Waals surface area contributed by atoms with Crippen LogP contribution in [-0.4, -0.2) is 38.7 Å². The van der Waals surface area contributed by atoms with Crippen molar-refractivity contribution >= 4 is 24.7 Å². The molecule has 166 valence electrons. The number of aliphatic hydroxyl groups is 1. The van der Waals surface area contributed by atoms with E-state index in [0.29, 0.717) is 13.0 Å². The van der Waals surface area contributed by atoms with Gasteiger partial charge < -0.3 is 14.3 Å². The monoisotopic (exact) mass is 438 g/mol. The smallest absolute Gasteiger partial charge is 0.303 e. The zero-order valence-electron chi connectivity index (χ0n) is 19.2. The third-order valence-corrected chi connectivity index (χ3v) is 10.4. The molecule has 0 fully saturated rings. The van der Waals surface area contributed by atoms with Crippen molar-refractivity contribution < 1.29 is 19.1 Å². The molecular formula is C26H34O4Si. The molecule has 0 saturated heterocycles. The van der Waals surface area contributed by atoms with E-state index in [9.17, 15) is 9.90 Å². The van der Waals surface area contributed by atoms with Crippen molar-refractivity contribution in [1.82, 2.24) is 0 Å². The Labute approximate surface area is 187 Å². The number of esters is 1. The Morgan fingerprint density at radius 3 is 2.00 bits per heavy atom. The van der Waals surface area contributed by atoms with Crippen LogP contribution in [-0.2, 0) is 14.0 Å². The molecule has 0 aromatic heterocycles. The van der Waals surface area contributed by atoms with Gasteiger partial charge in [0.25, 0.3) is 8.32 Å². The second kappa shape index (κ2) is 11.3. The van der Waals surface area contributed by atoms with Gasteiger partial charge in [-0.1, -0.05) is 93.3 Å². The summed E-state index contributed by atoms with van der Waals surface area (Å²) in [5.74, 6) is 5.15. The van der Waals surface area contributed by atoms with Crippen LogP contribution in [0.5, 0.6) is 0 Å². The highest BCUT2D eigenvalue weighted by atomic mass is 28.4. The Morgan fingerprint density at radius 2 is 1.55 bits per heavy atom. The van der Waals surface area contributed by atoms with Crippen molar-refractivity contribution in [2.45, 2.75) is 52.2 Å². The molecule has 0 aliphatic heterocycles. The maximum absolute atomic E-state index is 10.8. The fraction of sp³-hybridized carbons (Fsp3) is 0.423. The SMILES string of the molecule is CC(=O)OCC#C[C@H](C)[C@H](O)CCO[Si](c1ccccc1)(c1ccccc1)C(C)(C)C. The van der Waals surface area contributed by atoms with Gasteiger partial charge in [-0.2, -0.15) is 0 Å². The largest absolute Gasteiger partial charge is 0.453 e. The molecule has 0 unspecified atom stereocenters. The minimum atomic E-state index is -2.60. The van der Waals surface area contributed by atoms with Crippen LogP contribution in [0.2, 0.25) is 5.04 Å². The van der Waals surface area contributed by atoms with E-state index in [1.807, 2.05) is 19.1 Å². The van der Waals surface area contributed by atoms with E-state index in [4.69, 9.17) is 9.16 Å². The summed E-state index contributed by atoms with van der Waals surface area (Å²) in [4.78, 5) is 10.8. The fourth-order valence-corrected chi connectivity index (χ4v) is 8.36. The van der Waals surface area contributed by atoms with Crippen LogP contribution in [0.3, 0.4) is 0 Å². The summed E-state index contributed by atoms with van der Waals surface area (Å²) in [6, 6.07) is 20.9. The molecule has 0 aliphatic rings. The van der Waals surface area contributed by atoms with Gasteiger partial charge in [-0.15, -0.1) is 0 Å². The van der Waals surface area contributed by atoms with Crippen molar-refractivity contribution in [2.75, 3.05) is 13.2 Å². The molecule has 0 aliphatic carbocycles. The molecule has 2 aromatic rings. The van der Waals surface area contributed by atoms with E-state index in [-0.39, 0.29) is 23.5 Å². The van der Waals surface area contributed by atoms with Gasteiger partial charge in [0.15, 0.2) is 6.61 Å². The third-order valence-electron chi connectivity index (χ3n) is 5.40. The zero-order valence-corrected chi connectivity index (χ0v) is 20.2. The van der Waals surface area contributed by atoms with Crippen LogP contribution in [0, 0.1) is 17.8 Å². The number of carbonyl (C=O) groups excluding carboxylic acids is 1. The average Bonchev–Trinajstić information content (AvgIpc) is 2.74. The van der Waals surface area contributed by atoms with E-state index < -0.39 is 14.4 Å². The number of rotatable bonds is 8. The van der Waals surface area contributed by atoms with E-state index in [1.54, 1.807) is 0 Å². The summed E-state index contributed by atoms with van der Waals surface area (Å²) in [7, 11) is -2.60. The van der Waals surface area contributed by atoms with E-state index >= 15 is 0 Å². The highest BCUT2D eigenvalue weighted by Gasteiger charge is 2.50. The summed E-state index contributed by atoms with van der Waals surface area (Å²) < 4.78 is 11.6. The van der Waals surface area contributed by atoms with Crippen molar-refractivity contribution in [3.05, 3.63) is 60.7 Å². The predicted molar refractivity (Wildman–Crippen MR) is 128 cm³/mol. The lowest BCUT2D eigenvalue weighted by Gasteiger charge is -2.43. The first-order valence-corrected chi connectivity index (χ1v) is 12.6. The maximum atomic E-state index is 10.8. The van der Waals surface area contributed by atoms with Gasteiger partial charge in [-0.25, -0.2) is 0 Å². The highest BCUT2D eigenvalue weighted by molar-refractivity contribution is 6.99. The normalized spacial score (nSPS) is 13.6. The molecule has 0 radical (unpaired) electrons. The first-order chi connectivity index (χ1) is 14.7. The van der Waals surface area contributed by atoms with Crippen LogP contribution in [0.15, 0.2) is 60.7 Å². The van der Waals surface area contributed by atoms with Gasteiger partial charge >= 0.3 is 5.97 Å². The standard InChI is InChI=1S/C26H34O4Si/c1-21(13-12-19-29-22(2)27)25(28)18-20-30-31(26(3,4)5,23-14-8-6-9-15-23)24-16-10-7-11-17-24/h6-11,14-17,21,25,28H,18-20H2,1-5H3/t21-,25+/m0/s1. The summed E-state index contributed by atoms with van der Waals surface area (Å²) in [5.41, 5.74) is 0. The first kappa shape index (κ1) is 24.9. The number of carbonyl (C=O) groups is 1. The lowest BCUT2D eigenvalue weighted by Crippen LogP contribution is -2.66. The van der Waals surface area contributed by atoms with Crippen molar-refractivity contribution in [1.29, 1.82) is 0 Å². The topological polar surface area (TPSA) is 55.8 Å². The van der Waals surface area contributed by atoms with Crippen molar-refractivity contribution in [2.24, 2.45) is 5.92 Å². The molecule has 0 bridgehead atoms. The number of hydrogen-bond acceptors (Lipinski definition) is 4. The number of benzene rings is 2. The minimum absolute atomic E-state index is 0.0466. The second-order valence-corrected chi connectivity index (χ2v) is 13.1. The summed E-state index contributed by atoms with van der Waals surface area (Å²) in [5, 5.41) is 12.9. The quantitative estimate of drug-likeness (QED) is 0.389. The molecule has 2 atom stereocenters. The third kappa shape index (κ3) is 6.54. The van der Waals surface area contributed by atoms with Crippen LogP contribution < -0.4 is 10.4 Å². The molecule has 0 saturated carbocycles. The van der Waals surface area contributed by atoms with Crippen molar-refractivity contribution in [3.63, 3.8) is 0 Å². The highest BCUT2D eigenvalue weighted by Crippen LogP contribution is 2.36. The number of hydrogen-bond donors (Lipinski definition) is 1. The van der Waals surface area contributed by atoms with Gasteiger partial charge in [-0.3, -0.25) is 4.79 Å². The first-order valence-electron chi connectivity index (χ1n) is 10.7. The molecule has 1 N–H and O–H groups in total. The van der Waals surface area contributed by atoms with Gasteiger partial charge in [0.05, 0.1) is 6.10 Å². The Kier molecular flexibility index (Phi) is 9.06. The molecule has 31 heavy (non-hydrogen) atoms. The van der Waals surface area contributed by atoms with Crippen LogP contribution in [0.25, 0.3) is 0 Å². The predicted octanol–water partition coefficient (Wildman–Crippen LogP) is 3.52. The maximum Gasteiger partial charge on any atom is 0.303 e. The van der Waals surface area contributed by atoms with Gasteiger partial charge in [0.1, 0.15) is 0 Å². The van der Waals surface area contributed by atoms with E-state index in [0.717, 1.165) is 0 Å². The summed E-state index contributed by atoms with van der Waals surface area (Å²) in [6.45, 7) is 10.4. The number of ether oxygens (including phenoxy) is 1. The Hall–Kier alpha value is -2.39. The summed E-state index contributed by atoms with van der Waals surface area (Å²) >= 11 is 0. The lowest BCUT2D eigenvalue weighted by atomic mass is 10.0. The molecule has 0 amide bonds. The Bertz CT molecular complexity index is 839. The molecule has 2 rings (SSSR count). The molecular weight excluding hydrogens is 404 g/mol. The summed E-state index contributed by atoms with van der Waals surface area (Å²) in [6.07, 6.45) is -0.142. The minimum Gasteiger partial charge on any atom is -0.453 e. The molecule has 4 nitrogen and oxygen atoms in total. The number of aliphatic hydroxyl groups excluding tert-OH is 1.